The Morgan fingerprint density at radius 1 is 1.16 bits per heavy atom. The number of likely N-dealkylation sites (tertiary alicyclic amines) is 1. The number of hydrogen-bond donors (Lipinski definition) is 1. The molecule has 0 saturated carbocycles. The van der Waals surface area contributed by atoms with Crippen LogP contribution in [-0.4, -0.2) is 28.9 Å². The molecule has 128 valence electrons. The van der Waals surface area contributed by atoms with Crippen LogP contribution in [0.5, 0.6) is 0 Å². The predicted molar refractivity (Wildman–Crippen MR) is 103 cm³/mol. The zero-order valence-corrected chi connectivity index (χ0v) is 14.8. The van der Waals surface area contributed by atoms with Gasteiger partial charge in [-0.3, -0.25) is 9.69 Å². The lowest BCUT2D eigenvalue weighted by atomic mass is 10.2. The number of anilines is 1. The lowest BCUT2D eigenvalue weighted by molar-refractivity contribution is -0.116. The van der Waals surface area contributed by atoms with E-state index in [-0.39, 0.29) is 5.91 Å². The van der Waals surface area contributed by atoms with E-state index in [0.29, 0.717) is 12.5 Å². The summed E-state index contributed by atoms with van der Waals surface area (Å²) in [4.78, 5) is 19.4. The number of carbonyl (C=O) groups excluding carboxylic acids is 1. The minimum absolute atomic E-state index is 0.0705. The zero-order valence-electron chi connectivity index (χ0n) is 14.0. The van der Waals surface area contributed by atoms with Crippen molar-refractivity contribution < 1.29 is 4.79 Å². The van der Waals surface area contributed by atoms with Gasteiger partial charge in [0.15, 0.2) is 0 Å². The summed E-state index contributed by atoms with van der Waals surface area (Å²) in [5, 5.41) is 4.15. The second kappa shape index (κ2) is 7.33. The molecule has 4 rings (SSSR count). The van der Waals surface area contributed by atoms with Gasteiger partial charge in [0, 0.05) is 18.7 Å². The van der Waals surface area contributed by atoms with Gasteiger partial charge in [-0.25, -0.2) is 4.98 Å². The summed E-state index contributed by atoms with van der Waals surface area (Å²) in [7, 11) is 0. The fourth-order valence-electron chi connectivity index (χ4n) is 3.40. The lowest BCUT2D eigenvalue weighted by Gasteiger charge is -2.22. The average Bonchev–Trinajstić information content (AvgIpc) is 3.27. The normalized spacial score (nSPS) is 17.8. The molecule has 1 amide bonds. The van der Waals surface area contributed by atoms with Crippen LogP contribution >= 0.6 is 11.3 Å². The van der Waals surface area contributed by atoms with Crippen LogP contribution in [0.2, 0.25) is 0 Å². The molecule has 2 aromatic carbocycles. The second-order valence-electron chi connectivity index (χ2n) is 6.38. The van der Waals surface area contributed by atoms with Gasteiger partial charge in [-0.15, -0.1) is 11.3 Å². The molecule has 3 aromatic rings. The number of nitrogens with one attached hydrogen (secondary N) is 1. The van der Waals surface area contributed by atoms with Crippen molar-refractivity contribution in [2.24, 2.45) is 0 Å². The standard InChI is InChI=1S/C20H21N3OS/c24-19(21-15-7-2-1-3-8-15)12-14-23-13-6-10-17(23)20-22-16-9-4-5-11-18(16)25-20/h1-5,7-9,11,17H,6,10,12-14H2,(H,21,24). The number of benzene rings is 2. The van der Waals surface area contributed by atoms with Crippen LogP contribution in [0.1, 0.15) is 30.3 Å². The molecule has 0 bridgehead atoms. The van der Waals surface area contributed by atoms with Crippen LogP contribution in [0, 0.1) is 0 Å². The molecule has 2 heterocycles. The van der Waals surface area contributed by atoms with Gasteiger partial charge in [-0.1, -0.05) is 30.3 Å². The van der Waals surface area contributed by atoms with Crippen LogP contribution in [-0.2, 0) is 4.79 Å². The van der Waals surface area contributed by atoms with E-state index in [1.165, 1.54) is 16.1 Å². The van der Waals surface area contributed by atoms with Gasteiger partial charge in [0.05, 0.1) is 16.3 Å². The molecule has 0 radical (unpaired) electrons. The summed E-state index contributed by atoms with van der Waals surface area (Å²) in [6.07, 6.45) is 2.80. The van der Waals surface area contributed by atoms with Gasteiger partial charge in [-0.2, -0.15) is 0 Å². The summed E-state index contributed by atoms with van der Waals surface area (Å²) >= 11 is 1.78. The van der Waals surface area contributed by atoms with Crippen molar-refractivity contribution >= 4 is 33.1 Å². The molecule has 1 N–H and O–H groups in total. The molecule has 1 saturated heterocycles. The number of carbonyl (C=O) groups is 1. The molecule has 1 atom stereocenters. The summed E-state index contributed by atoms with van der Waals surface area (Å²) in [6, 6.07) is 18.3. The maximum absolute atomic E-state index is 12.2. The summed E-state index contributed by atoms with van der Waals surface area (Å²) in [5.74, 6) is 0.0705. The molecule has 1 aromatic heterocycles. The van der Waals surface area contributed by atoms with E-state index < -0.39 is 0 Å². The molecular weight excluding hydrogens is 330 g/mol. The van der Waals surface area contributed by atoms with Gasteiger partial charge in [0.1, 0.15) is 5.01 Å². The number of rotatable bonds is 5. The maximum atomic E-state index is 12.2. The fraction of sp³-hybridized carbons (Fsp3) is 0.300. The molecule has 1 fully saturated rings. The topological polar surface area (TPSA) is 45.2 Å². The quantitative estimate of drug-likeness (QED) is 0.738. The zero-order chi connectivity index (χ0) is 17.1. The third-order valence-electron chi connectivity index (χ3n) is 4.64. The molecule has 1 aliphatic heterocycles. The van der Waals surface area contributed by atoms with Crippen molar-refractivity contribution in [2.75, 3.05) is 18.4 Å². The number of aromatic nitrogens is 1. The van der Waals surface area contributed by atoms with Crippen LogP contribution in [0.4, 0.5) is 5.69 Å². The van der Waals surface area contributed by atoms with E-state index in [4.69, 9.17) is 4.98 Å². The van der Waals surface area contributed by atoms with Gasteiger partial charge in [0.2, 0.25) is 5.91 Å². The Hall–Kier alpha value is -2.24. The molecule has 5 heteroatoms. The molecule has 1 aliphatic rings. The maximum Gasteiger partial charge on any atom is 0.225 e. The van der Waals surface area contributed by atoms with Crippen molar-refractivity contribution in [1.29, 1.82) is 0 Å². The van der Waals surface area contributed by atoms with E-state index in [2.05, 4.69) is 28.4 Å². The van der Waals surface area contributed by atoms with Crippen molar-refractivity contribution in [3.63, 3.8) is 0 Å². The van der Waals surface area contributed by atoms with Crippen LogP contribution in [0.3, 0.4) is 0 Å². The monoisotopic (exact) mass is 351 g/mol. The molecule has 25 heavy (non-hydrogen) atoms. The molecule has 0 aliphatic carbocycles. The Bertz CT molecular complexity index is 829. The third-order valence-corrected chi connectivity index (χ3v) is 5.78. The first-order valence-corrected chi connectivity index (χ1v) is 9.56. The second-order valence-corrected chi connectivity index (χ2v) is 7.44. The Morgan fingerprint density at radius 3 is 2.80 bits per heavy atom. The molecule has 1 unspecified atom stereocenters. The summed E-state index contributed by atoms with van der Waals surface area (Å²) in [5.41, 5.74) is 1.94. The average molecular weight is 351 g/mol. The third kappa shape index (κ3) is 3.72. The first kappa shape index (κ1) is 16.2. The highest BCUT2D eigenvalue weighted by Gasteiger charge is 2.28. The largest absolute Gasteiger partial charge is 0.326 e. The highest BCUT2D eigenvalue weighted by molar-refractivity contribution is 7.18. The number of hydrogen-bond acceptors (Lipinski definition) is 4. The SMILES string of the molecule is O=C(CCN1CCCC1c1nc2ccccc2s1)Nc1ccccc1. The van der Waals surface area contributed by atoms with Crippen molar-refractivity contribution in [1.82, 2.24) is 9.88 Å². The number of nitrogens with zero attached hydrogens (tertiary/aromatic N) is 2. The Morgan fingerprint density at radius 2 is 1.96 bits per heavy atom. The van der Waals surface area contributed by atoms with Crippen molar-refractivity contribution in [3.8, 4) is 0 Å². The number of thiazole rings is 1. The lowest BCUT2D eigenvalue weighted by Crippen LogP contribution is -2.27. The first-order valence-electron chi connectivity index (χ1n) is 8.74. The van der Waals surface area contributed by atoms with Gasteiger partial charge >= 0.3 is 0 Å². The Kier molecular flexibility index (Phi) is 4.76. The summed E-state index contributed by atoms with van der Waals surface area (Å²) in [6.45, 7) is 1.82. The minimum Gasteiger partial charge on any atom is -0.326 e. The van der Waals surface area contributed by atoms with Crippen molar-refractivity contribution in [2.45, 2.75) is 25.3 Å². The first-order chi connectivity index (χ1) is 12.3. The minimum atomic E-state index is 0.0705. The van der Waals surface area contributed by atoms with Gasteiger partial charge in [-0.05, 0) is 43.7 Å². The van der Waals surface area contributed by atoms with Crippen LogP contribution in [0.25, 0.3) is 10.2 Å². The molecule has 0 spiro atoms. The van der Waals surface area contributed by atoms with Gasteiger partial charge < -0.3 is 5.32 Å². The molecule has 4 nitrogen and oxygen atoms in total. The highest BCUT2D eigenvalue weighted by atomic mass is 32.1. The van der Waals surface area contributed by atoms with E-state index in [9.17, 15) is 4.79 Å². The Balaban J connectivity index is 1.39. The van der Waals surface area contributed by atoms with Crippen LogP contribution < -0.4 is 5.32 Å². The van der Waals surface area contributed by atoms with Gasteiger partial charge in [0.25, 0.3) is 0 Å². The summed E-state index contributed by atoms with van der Waals surface area (Å²) < 4.78 is 1.24. The number of para-hydroxylation sites is 2. The highest BCUT2D eigenvalue weighted by Crippen LogP contribution is 2.36. The number of fused-ring (bicyclic) bond motifs is 1. The smallest absolute Gasteiger partial charge is 0.225 e. The van der Waals surface area contributed by atoms with E-state index in [1.807, 2.05) is 36.4 Å². The van der Waals surface area contributed by atoms with E-state index in [0.717, 1.165) is 30.7 Å². The number of amides is 1. The van der Waals surface area contributed by atoms with Crippen LogP contribution in [0.15, 0.2) is 54.6 Å². The Labute approximate surface area is 151 Å². The fourth-order valence-corrected chi connectivity index (χ4v) is 4.53. The predicted octanol–water partition coefficient (Wildman–Crippen LogP) is 4.46. The van der Waals surface area contributed by atoms with Crippen molar-refractivity contribution in [3.05, 3.63) is 59.6 Å². The molecular formula is C20H21N3OS. The van der Waals surface area contributed by atoms with E-state index >= 15 is 0 Å². The van der Waals surface area contributed by atoms with E-state index in [1.54, 1.807) is 11.3 Å².